The summed E-state index contributed by atoms with van der Waals surface area (Å²) in [5, 5.41) is 26.9. The summed E-state index contributed by atoms with van der Waals surface area (Å²) in [6.45, 7) is 3.96. The van der Waals surface area contributed by atoms with E-state index in [4.69, 9.17) is 15.3 Å². The molecule has 0 aliphatic carbocycles. The van der Waals surface area contributed by atoms with Gasteiger partial charge in [0.25, 0.3) is 0 Å². The summed E-state index contributed by atoms with van der Waals surface area (Å²) in [7, 11) is 0. The summed E-state index contributed by atoms with van der Waals surface area (Å²) in [5.74, 6) is -2.33. The zero-order valence-corrected chi connectivity index (χ0v) is 14.9. The predicted molar refractivity (Wildman–Crippen MR) is 90.9 cm³/mol. The molecule has 0 fully saturated rings. The van der Waals surface area contributed by atoms with Gasteiger partial charge in [-0.1, -0.05) is 33.1 Å². The van der Waals surface area contributed by atoms with Crippen LogP contribution < -0.4 is 0 Å². The van der Waals surface area contributed by atoms with Crippen LogP contribution in [0.2, 0.25) is 0 Å². The molecule has 0 heterocycles. The van der Waals surface area contributed by atoms with Crippen molar-refractivity contribution in [3.8, 4) is 0 Å². The quantitative estimate of drug-likeness (QED) is 0.413. The van der Waals surface area contributed by atoms with E-state index in [1.807, 2.05) is 13.8 Å². The molecule has 140 valence electrons. The Labute approximate surface area is 144 Å². The Morgan fingerprint density at radius 3 is 1.29 bits per heavy atom. The Morgan fingerprint density at radius 1 is 0.625 bits per heavy atom. The zero-order chi connectivity index (χ0) is 18.5. The van der Waals surface area contributed by atoms with Gasteiger partial charge in [0.15, 0.2) is 0 Å². The third kappa shape index (κ3) is 11.9. The van der Waals surface area contributed by atoms with E-state index in [1.54, 1.807) is 0 Å². The van der Waals surface area contributed by atoms with Crippen molar-refractivity contribution < 1.29 is 29.7 Å². The minimum absolute atomic E-state index is 0.0153. The lowest BCUT2D eigenvalue weighted by molar-refractivity contribution is -0.140. The Bertz CT molecular complexity index is 393. The first-order valence-corrected chi connectivity index (χ1v) is 8.93. The number of carboxylic acids is 3. The fourth-order valence-electron chi connectivity index (χ4n) is 3.24. The van der Waals surface area contributed by atoms with E-state index in [-0.39, 0.29) is 37.0 Å². The summed E-state index contributed by atoms with van der Waals surface area (Å²) in [4.78, 5) is 32.8. The molecule has 0 rings (SSSR count). The standard InChI is InChI=1S/C18H32O6/c1-3-5-14(11-17(21)22)8-9-15(12-18(23)24)7-6-13(4-2)10-16(19)20/h13-15H,3-12H2,1-2H3,(H,19,20)(H,21,22)(H,23,24). The topological polar surface area (TPSA) is 112 Å². The fourth-order valence-corrected chi connectivity index (χ4v) is 3.24. The molecule has 0 aliphatic heterocycles. The summed E-state index contributed by atoms with van der Waals surface area (Å²) in [6.07, 6.45) is 5.63. The molecule has 6 nitrogen and oxygen atoms in total. The molecule has 0 aromatic heterocycles. The molecule has 3 N–H and O–H groups in total. The van der Waals surface area contributed by atoms with Crippen LogP contribution in [0.4, 0.5) is 0 Å². The van der Waals surface area contributed by atoms with E-state index < -0.39 is 17.9 Å². The van der Waals surface area contributed by atoms with E-state index in [2.05, 4.69) is 0 Å². The van der Waals surface area contributed by atoms with Crippen molar-refractivity contribution in [1.29, 1.82) is 0 Å². The first kappa shape index (κ1) is 22.4. The summed E-state index contributed by atoms with van der Waals surface area (Å²) >= 11 is 0. The van der Waals surface area contributed by atoms with Crippen molar-refractivity contribution in [3.63, 3.8) is 0 Å². The van der Waals surface area contributed by atoms with Crippen molar-refractivity contribution in [3.05, 3.63) is 0 Å². The van der Waals surface area contributed by atoms with Crippen LogP contribution in [0.1, 0.15) is 78.1 Å². The molecule has 24 heavy (non-hydrogen) atoms. The minimum atomic E-state index is -0.850. The summed E-state index contributed by atoms with van der Waals surface area (Å²) in [6, 6.07) is 0. The maximum absolute atomic E-state index is 11.1. The van der Waals surface area contributed by atoms with Gasteiger partial charge in [-0.15, -0.1) is 0 Å². The number of rotatable bonds is 15. The monoisotopic (exact) mass is 344 g/mol. The third-order valence-corrected chi connectivity index (χ3v) is 4.63. The molecule has 0 amide bonds. The Balaban J connectivity index is 4.54. The van der Waals surface area contributed by atoms with E-state index in [9.17, 15) is 14.4 Å². The number of hydrogen-bond acceptors (Lipinski definition) is 3. The Kier molecular flexibility index (Phi) is 11.9. The van der Waals surface area contributed by atoms with Crippen molar-refractivity contribution >= 4 is 17.9 Å². The number of aliphatic carboxylic acids is 3. The molecule has 0 aromatic rings. The predicted octanol–water partition coefficient (Wildman–Crippen LogP) is 4.03. The lowest BCUT2D eigenvalue weighted by Gasteiger charge is -2.21. The van der Waals surface area contributed by atoms with Gasteiger partial charge in [-0.3, -0.25) is 14.4 Å². The van der Waals surface area contributed by atoms with Gasteiger partial charge in [0.2, 0.25) is 0 Å². The van der Waals surface area contributed by atoms with Crippen LogP contribution in [-0.2, 0) is 14.4 Å². The van der Waals surface area contributed by atoms with Crippen molar-refractivity contribution in [2.24, 2.45) is 17.8 Å². The van der Waals surface area contributed by atoms with Gasteiger partial charge < -0.3 is 15.3 Å². The maximum Gasteiger partial charge on any atom is 0.303 e. The largest absolute Gasteiger partial charge is 0.481 e. The summed E-state index contributed by atoms with van der Waals surface area (Å²) in [5.41, 5.74) is 0. The molecule has 3 atom stereocenters. The highest BCUT2D eigenvalue weighted by molar-refractivity contribution is 5.67. The number of hydrogen-bond donors (Lipinski definition) is 3. The number of carboxylic acid groups (broad SMARTS) is 3. The summed E-state index contributed by atoms with van der Waals surface area (Å²) < 4.78 is 0. The third-order valence-electron chi connectivity index (χ3n) is 4.63. The van der Waals surface area contributed by atoms with Gasteiger partial charge in [0, 0.05) is 19.3 Å². The van der Waals surface area contributed by atoms with Crippen LogP contribution in [0, 0.1) is 17.8 Å². The fraction of sp³-hybridized carbons (Fsp3) is 0.833. The van der Waals surface area contributed by atoms with Crippen LogP contribution in [0.15, 0.2) is 0 Å². The molecule has 0 bridgehead atoms. The van der Waals surface area contributed by atoms with Gasteiger partial charge in [-0.25, -0.2) is 0 Å². The van der Waals surface area contributed by atoms with E-state index in [1.165, 1.54) is 0 Å². The van der Waals surface area contributed by atoms with Gasteiger partial charge in [-0.2, -0.15) is 0 Å². The molecule has 0 saturated heterocycles. The van der Waals surface area contributed by atoms with Gasteiger partial charge in [0.1, 0.15) is 0 Å². The van der Waals surface area contributed by atoms with E-state index >= 15 is 0 Å². The van der Waals surface area contributed by atoms with Crippen molar-refractivity contribution in [2.45, 2.75) is 78.1 Å². The Morgan fingerprint density at radius 2 is 0.958 bits per heavy atom. The smallest absolute Gasteiger partial charge is 0.303 e. The molecular weight excluding hydrogens is 312 g/mol. The highest BCUT2D eigenvalue weighted by atomic mass is 16.4. The Hall–Kier alpha value is -1.59. The van der Waals surface area contributed by atoms with Crippen LogP contribution in [0.5, 0.6) is 0 Å². The number of carbonyl (C=O) groups is 3. The van der Waals surface area contributed by atoms with Crippen LogP contribution in [-0.4, -0.2) is 33.2 Å². The highest BCUT2D eigenvalue weighted by Crippen LogP contribution is 2.27. The lowest BCUT2D eigenvalue weighted by Crippen LogP contribution is -2.15. The average Bonchev–Trinajstić information content (AvgIpc) is 2.47. The molecule has 0 radical (unpaired) electrons. The normalized spacial score (nSPS) is 14.8. The molecule has 0 saturated carbocycles. The SMILES string of the molecule is CCCC(CCC(CCC(CC)CC(=O)O)CC(=O)O)CC(=O)O. The molecule has 0 spiro atoms. The molecule has 0 aromatic carbocycles. The second-order valence-corrected chi connectivity index (χ2v) is 6.74. The molecule has 3 unspecified atom stereocenters. The van der Waals surface area contributed by atoms with Crippen LogP contribution in [0.25, 0.3) is 0 Å². The lowest BCUT2D eigenvalue weighted by atomic mass is 9.84. The maximum atomic E-state index is 11.1. The average molecular weight is 344 g/mol. The first-order valence-electron chi connectivity index (χ1n) is 8.93. The molecule has 0 aliphatic rings. The van der Waals surface area contributed by atoms with Crippen LogP contribution in [0.3, 0.4) is 0 Å². The minimum Gasteiger partial charge on any atom is -0.481 e. The van der Waals surface area contributed by atoms with Gasteiger partial charge in [-0.05, 0) is 43.4 Å². The first-order chi connectivity index (χ1) is 11.3. The van der Waals surface area contributed by atoms with Gasteiger partial charge in [0.05, 0.1) is 0 Å². The van der Waals surface area contributed by atoms with Crippen molar-refractivity contribution in [2.75, 3.05) is 0 Å². The van der Waals surface area contributed by atoms with Crippen molar-refractivity contribution in [1.82, 2.24) is 0 Å². The van der Waals surface area contributed by atoms with Gasteiger partial charge >= 0.3 is 17.9 Å². The zero-order valence-electron chi connectivity index (χ0n) is 14.9. The second-order valence-electron chi connectivity index (χ2n) is 6.74. The highest BCUT2D eigenvalue weighted by Gasteiger charge is 2.20. The van der Waals surface area contributed by atoms with E-state index in [0.717, 1.165) is 19.3 Å². The molecule has 6 heteroatoms. The molecular formula is C18H32O6. The second kappa shape index (κ2) is 12.8. The van der Waals surface area contributed by atoms with E-state index in [0.29, 0.717) is 25.7 Å². The van der Waals surface area contributed by atoms with Crippen LogP contribution >= 0.6 is 0 Å².